The van der Waals surface area contributed by atoms with Crippen LogP contribution in [0.1, 0.15) is 0 Å². The van der Waals surface area contributed by atoms with Gasteiger partial charge in [-0.05, 0) is 40.8 Å². The third-order valence-electron chi connectivity index (χ3n) is 2.92. The van der Waals surface area contributed by atoms with Crippen LogP contribution >= 0.6 is 22.6 Å². The molecule has 110 valence electrons. The predicted molar refractivity (Wildman–Crippen MR) is 86.5 cm³/mol. The number of nitrogens with zero attached hydrogens (tertiary/aromatic N) is 4. The van der Waals surface area contributed by atoms with E-state index in [1.165, 1.54) is 0 Å². The number of nitrogens with two attached hydrogens (primary N) is 1. The Kier molecular flexibility index (Phi) is 4.34. The summed E-state index contributed by atoms with van der Waals surface area (Å²) < 4.78 is 12.1. The highest BCUT2D eigenvalue weighted by Crippen LogP contribution is 2.22. The zero-order valence-corrected chi connectivity index (χ0v) is 13.4. The van der Waals surface area contributed by atoms with Crippen LogP contribution in [0.4, 0.5) is 11.9 Å². The molecule has 1 aromatic heterocycles. The molecule has 21 heavy (non-hydrogen) atoms. The summed E-state index contributed by atoms with van der Waals surface area (Å²) in [6.45, 7) is 2.76. The first-order chi connectivity index (χ1) is 10.2. The number of nitrogen functional groups attached to an aromatic ring is 1. The third kappa shape index (κ3) is 3.70. The van der Waals surface area contributed by atoms with Crippen LogP contribution < -0.4 is 15.4 Å². The number of hydrogen-bond acceptors (Lipinski definition) is 7. The normalized spacial score (nSPS) is 15.0. The van der Waals surface area contributed by atoms with Crippen molar-refractivity contribution in [1.29, 1.82) is 0 Å². The minimum absolute atomic E-state index is 0.145. The number of rotatable bonds is 3. The van der Waals surface area contributed by atoms with Gasteiger partial charge in [0.1, 0.15) is 5.75 Å². The third-order valence-corrected chi connectivity index (χ3v) is 3.59. The maximum atomic E-state index is 5.75. The fraction of sp³-hybridized carbons (Fsp3) is 0.308. The fourth-order valence-electron chi connectivity index (χ4n) is 1.95. The first-order valence-corrected chi connectivity index (χ1v) is 7.56. The maximum Gasteiger partial charge on any atom is 0.328 e. The second-order valence-electron chi connectivity index (χ2n) is 4.44. The van der Waals surface area contributed by atoms with Crippen LogP contribution in [0, 0.1) is 3.57 Å². The maximum absolute atomic E-state index is 5.75. The molecule has 0 radical (unpaired) electrons. The first-order valence-electron chi connectivity index (χ1n) is 6.48. The Hall–Kier alpha value is -1.68. The van der Waals surface area contributed by atoms with E-state index in [0.717, 1.165) is 16.7 Å². The average molecular weight is 399 g/mol. The topological polar surface area (TPSA) is 86.4 Å². The van der Waals surface area contributed by atoms with Gasteiger partial charge in [-0.1, -0.05) is 6.07 Å². The molecule has 0 atom stereocenters. The Bertz CT molecular complexity index is 634. The monoisotopic (exact) mass is 399 g/mol. The van der Waals surface area contributed by atoms with Crippen molar-refractivity contribution in [1.82, 2.24) is 15.0 Å². The molecule has 0 saturated carbocycles. The molecule has 2 N–H and O–H groups in total. The summed E-state index contributed by atoms with van der Waals surface area (Å²) in [4.78, 5) is 14.5. The zero-order chi connectivity index (χ0) is 14.7. The molecule has 3 rings (SSSR count). The average Bonchev–Trinajstić information content (AvgIpc) is 2.47. The van der Waals surface area contributed by atoms with E-state index in [1.54, 1.807) is 0 Å². The van der Waals surface area contributed by atoms with Crippen LogP contribution in [0.25, 0.3) is 0 Å². The number of benzene rings is 1. The molecule has 8 heteroatoms. The van der Waals surface area contributed by atoms with Gasteiger partial charge in [-0.25, -0.2) is 0 Å². The van der Waals surface area contributed by atoms with Crippen molar-refractivity contribution in [2.45, 2.75) is 0 Å². The van der Waals surface area contributed by atoms with E-state index >= 15 is 0 Å². The first kappa shape index (κ1) is 14.3. The Morgan fingerprint density at radius 1 is 1.19 bits per heavy atom. The number of morpholine rings is 1. The van der Waals surface area contributed by atoms with Gasteiger partial charge in [-0.2, -0.15) is 15.0 Å². The van der Waals surface area contributed by atoms with Gasteiger partial charge in [0, 0.05) is 16.7 Å². The second kappa shape index (κ2) is 6.39. The van der Waals surface area contributed by atoms with Crippen molar-refractivity contribution >= 4 is 34.5 Å². The molecule has 0 bridgehead atoms. The van der Waals surface area contributed by atoms with E-state index in [2.05, 4.69) is 37.5 Å². The lowest BCUT2D eigenvalue weighted by molar-refractivity contribution is 0.122. The summed E-state index contributed by atoms with van der Waals surface area (Å²) in [6.07, 6.45) is 0. The number of hydrogen-bond donors (Lipinski definition) is 1. The molecule has 0 unspecified atom stereocenters. The van der Waals surface area contributed by atoms with Crippen LogP contribution in [-0.4, -0.2) is 41.3 Å². The molecule has 0 amide bonds. The van der Waals surface area contributed by atoms with Crippen molar-refractivity contribution in [2.24, 2.45) is 0 Å². The molecule has 1 fully saturated rings. The van der Waals surface area contributed by atoms with E-state index in [0.29, 0.717) is 24.9 Å². The molecular formula is C13H14IN5O2. The van der Waals surface area contributed by atoms with Gasteiger partial charge in [0.15, 0.2) is 0 Å². The Balaban J connectivity index is 1.83. The van der Waals surface area contributed by atoms with Crippen LogP contribution in [-0.2, 0) is 4.74 Å². The Morgan fingerprint density at radius 3 is 2.76 bits per heavy atom. The molecule has 0 aliphatic carbocycles. The van der Waals surface area contributed by atoms with Crippen LogP contribution in [0.5, 0.6) is 11.8 Å². The minimum Gasteiger partial charge on any atom is -0.424 e. The number of ether oxygens (including phenoxy) is 2. The van der Waals surface area contributed by atoms with Crippen molar-refractivity contribution in [3.8, 4) is 11.8 Å². The molecule has 7 nitrogen and oxygen atoms in total. The molecule has 1 aliphatic rings. The fourth-order valence-corrected chi connectivity index (χ4v) is 2.46. The second-order valence-corrected chi connectivity index (χ2v) is 5.68. The van der Waals surface area contributed by atoms with Gasteiger partial charge in [0.05, 0.1) is 13.2 Å². The van der Waals surface area contributed by atoms with E-state index in [1.807, 2.05) is 29.2 Å². The highest BCUT2D eigenvalue weighted by molar-refractivity contribution is 14.1. The standard InChI is InChI=1S/C13H14IN5O2/c14-9-2-1-3-10(8-9)21-13-17-11(15)16-12(18-13)19-4-6-20-7-5-19/h1-3,8H,4-7H2,(H2,15,16,17,18). The molecule has 2 heterocycles. The summed E-state index contributed by atoms with van der Waals surface area (Å²) in [6, 6.07) is 7.83. The van der Waals surface area contributed by atoms with Crippen LogP contribution in [0.15, 0.2) is 24.3 Å². The van der Waals surface area contributed by atoms with E-state index < -0.39 is 0 Å². The SMILES string of the molecule is Nc1nc(Oc2cccc(I)c2)nc(N2CCOCC2)n1. The van der Waals surface area contributed by atoms with Gasteiger partial charge in [-0.15, -0.1) is 0 Å². The van der Waals surface area contributed by atoms with Gasteiger partial charge in [-0.3, -0.25) is 0 Å². The van der Waals surface area contributed by atoms with Gasteiger partial charge >= 0.3 is 6.01 Å². The largest absolute Gasteiger partial charge is 0.424 e. The summed E-state index contributed by atoms with van der Waals surface area (Å²) in [5.41, 5.74) is 5.75. The van der Waals surface area contributed by atoms with Crippen LogP contribution in [0.2, 0.25) is 0 Å². The minimum atomic E-state index is 0.145. The number of aromatic nitrogens is 3. The lowest BCUT2D eigenvalue weighted by atomic mass is 10.3. The van der Waals surface area contributed by atoms with Crippen LogP contribution in [0.3, 0.4) is 0 Å². The summed E-state index contributed by atoms with van der Waals surface area (Å²) >= 11 is 2.22. The number of anilines is 2. The lowest BCUT2D eigenvalue weighted by Crippen LogP contribution is -2.37. The smallest absolute Gasteiger partial charge is 0.328 e. The van der Waals surface area contributed by atoms with E-state index in [-0.39, 0.29) is 12.0 Å². The highest BCUT2D eigenvalue weighted by atomic mass is 127. The van der Waals surface area contributed by atoms with Gasteiger partial charge in [0.25, 0.3) is 0 Å². The van der Waals surface area contributed by atoms with E-state index in [4.69, 9.17) is 15.2 Å². The Labute approximate surface area is 135 Å². The molecule has 1 aromatic carbocycles. The molecule has 1 aliphatic heterocycles. The van der Waals surface area contributed by atoms with Crippen molar-refractivity contribution < 1.29 is 9.47 Å². The van der Waals surface area contributed by atoms with Crippen molar-refractivity contribution in [3.05, 3.63) is 27.8 Å². The lowest BCUT2D eigenvalue weighted by Gasteiger charge is -2.26. The molecule has 0 spiro atoms. The van der Waals surface area contributed by atoms with Gasteiger partial charge in [0.2, 0.25) is 11.9 Å². The Morgan fingerprint density at radius 2 is 2.00 bits per heavy atom. The van der Waals surface area contributed by atoms with Crippen molar-refractivity contribution in [3.63, 3.8) is 0 Å². The summed E-state index contributed by atoms with van der Waals surface area (Å²) in [5.74, 6) is 1.33. The predicted octanol–water partition coefficient (Wildman–Crippen LogP) is 1.69. The molecule has 2 aromatic rings. The van der Waals surface area contributed by atoms with E-state index in [9.17, 15) is 0 Å². The summed E-state index contributed by atoms with van der Waals surface area (Å²) in [7, 11) is 0. The summed E-state index contributed by atoms with van der Waals surface area (Å²) in [5, 5.41) is 0. The quantitative estimate of drug-likeness (QED) is 0.787. The van der Waals surface area contributed by atoms with Crippen molar-refractivity contribution in [2.75, 3.05) is 36.9 Å². The zero-order valence-electron chi connectivity index (χ0n) is 11.2. The number of halogens is 1. The highest BCUT2D eigenvalue weighted by Gasteiger charge is 2.16. The van der Waals surface area contributed by atoms with Gasteiger partial charge < -0.3 is 20.1 Å². The molecular weight excluding hydrogens is 385 g/mol. The molecule has 1 saturated heterocycles.